The van der Waals surface area contributed by atoms with Crippen LogP contribution in [0, 0.1) is 6.92 Å². The van der Waals surface area contributed by atoms with Crippen LogP contribution in [0.3, 0.4) is 0 Å². The molecule has 1 aromatic heterocycles. The van der Waals surface area contributed by atoms with E-state index in [2.05, 4.69) is 77.1 Å². The Morgan fingerprint density at radius 3 is 2.29 bits per heavy atom. The van der Waals surface area contributed by atoms with Crippen molar-refractivity contribution in [3.63, 3.8) is 0 Å². The maximum atomic E-state index is 12.9. The fourth-order valence-corrected chi connectivity index (χ4v) is 6.94. The molecule has 0 saturated carbocycles. The van der Waals surface area contributed by atoms with Gasteiger partial charge in [0.15, 0.2) is 0 Å². The summed E-state index contributed by atoms with van der Waals surface area (Å²) in [5, 5.41) is 14.1. The second-order valence-electron chi connectivity index (χ2n) is 12.4. The molecule has 2 heterocycles. The minimum Gasteiger partial charge on any atom is -0.493 e. The number of hydrogen-bond donors (Lipinski definition) is 1. The summed E-state index contributed by atoms with van der Waals surface area (Å²) in [6.07, 6.45) is 7.83. The molecular formula is C38H56O6S. The zero-order valence-electron chi connectivity index (χ0n) is 28.3. The number of aryl methyl sites for hydroxylation is 1. The van der Waals surface area contributed by atoms with Gasteiger partial charge in [-0.1, -0.05) is 71.6 Å². The zero-order valence-corrected chi connectivity index (χ0v) is 29.1. The van der Waals surface area contributed by atoms with Gasteiger partial charge in [0, 0.05) is 42.2 Å². The standard InChI is InChI=1S/C38H56O6S/c1-6-10-18-40-27-31-26-35(42-20-12-8-3)37(43-21-13-9-4)38(39,44-31)33-25-30(28(5)22-34(33)41-19-11-7-2)24-32-23-29-16-14-15-17-36(29)45-32/h14-17,22-23,25,31,35,37,39H,6-13,18-21,24,26-27H2,1-5H3/t31-,35-,37+,38?/m0/s1. The molecule has 6 nitrogen and oxygen atoms in total. The van der Waals surface area contributed by atoms with Crippen molar-refractivity contribution in [2.45, 2.75) is 123 Å². The predicted molar refractivity (Wildman–Crippen MR) is 185 cm³/mol. The molecule has 1 fully saturated rings. The van der Waals surface area contributed by atoms with Crippen LogP contribution < -0.4 is 4.74 Å². The number of hydrogen-bond acceptors (Lipinski definition) is 7. The summed E-state index contributed by atoms with van der Waals surface area (Å²) >= 11 is 1.82. The van der Waals surface area contributed by atoms with E-state index in [1.165, 1.54) is 15.0 Å². The van der Waals surface area contributed by atoms with Crippen LogP contribution in [0.1, 0.15) is 107 Å². The van der Waals surface area contributed by atoms with Crippen molar-refractivity contribution in [3.05, 3.63) is 64.0 Å². The van der Waals surface area contributed by atoms with Crippen molar-refractivity contribution in [3.8, 4) is 5.75 Å². The summed E-state index contributed by atoms with van der Waals surface area (Å²) in [5.41, 5.74) is 2.87. The highest BCUT2D eigenvalue weighted by Crippen LogP contribution is 2.44. The topological polar surface area (TPSA) is 66.4 Å². The van der Waals surface area contributed by atoms with Gasteiger partial charge in [0.05, 0.1) is 31.0 Å². The van der Waals surface area contributed by atoms with Gasteiger partial charge in [0.25, 0.3) is 0 Å². The van der Waals surface area contributed by atoms with E-state index in [1.54, 1.807) is 0 Å². The lowest BCUT2D eigenvalue weighted by Crippen LogP contribution is -2.58. The van der Waals surface area contributed by atoms with E-state index in [1.807, 2.05) is 11.3 Å². The maximum absolute atomic E-state index is 12.9. The van der Waals surface area contributed by atoms with E-state index in [9.17, 15) is 5.11 Å². The van der Waals surface area contributed by atoms with Crippen molar-refractivity contribution in [1.82, 2.24) is 0 Å². The van der Waals surface area contributed by atoms with Crippen LogP contribution in [0.25, 0.3) is 10.1 Å². The van der Waals surface area contributed by atoms with Gasteiger partial charge >= 0.3 is 0 Å². The zero-order chi connectivity index (χ0) is 32.1. The molecule has 1 saturated heterocycles. The minimum atomic E-state index is -1.77. The van der Waals surface area contributed by atoms with E-state index in [0.29, 0.717) is 50.8 Å². The molecule has 250 valence electrons. The lowest BCUT2D eigenvalue weighted by molar-refractivity contribution is -0.348. The molecular weight excluding hydrogens is 584 g/mol. The Morgan fingerprint density at radius 2 is 1.56 bits per heavy atom. The molecule has 2 aromatic carbocycles. The monoisotopic (exact) mass is 640 g/mol. The summed E-state index contributed by atoms with van der Waals surface area (Å²) in [5.74, 6) is -1.13. The van der Waals surface area contributed by atoms with Crippen LogP contribution in [-0.2, 0) is 31.2 Å². The number of thiophene rings is 1. The van der Waals surface area contributed by atoms with Crippen molar-refractivity contribution in [2.75, 3.05) is 33.0 Å². The van der Waals surface area contributed by atoms with E-state index in [-0.39, 0.29) is 12.2 Å². The van der Waals surface area contributed by atoms with Gasteiger partial charge in [-0.25, -0.2) is 0 Å². The molecule has 1 aliphatic heterocycles. The van der Waals surface area contributed by atoms with Gasteiger partial charge < -0.3 is 28.8 Å². The Balaban J connectivity index is 1.76. The first-order chi connectivity index (χ1) is 21.9. The molecule has 0 aliphatic carbocycles. The van der Waals surface area contributed by atoms with E-state index in [0.717, 1.165) is 68.9 Å². The molecule has 1 N–H and O–H groups in total. The second kappa shape index (κ2) is 18.4. The number of unbranched alkanes of at least 4 members (excludes halogenated alkanes) is 4. The Morgan fingerprint density at radius 1 is 0.867 bits per heavy atom. The van der Waals surface area contributed by atoms with Crippen LogP contribution in [0.2, 0.25) is 0 Å². The molecule has 45 heavy (non-hydrogen) atoms. The third kappa shape index (κ3) is 9.75. The molecule has 0 spiro atoms. The second-order valence-corrected chi connectivity index (χ2v) is 13.6. The average molecular weight is 641 g/mol. The molecule has 4 atom stereocenters. The highest BCUT2D eigenvalue weighted by Gasteiger charge is 2.53. The van der Waals surface area contributed by atoms with Gasteiger partial charge in [-0.05, 0) is 73.4 Å². The normalized spacial score (nSPS) is 21.9. The molecule has 7 heteroatoms. The average Bonchev–Trinajstić information content (AvgIpc) is 3.44. The Labute approximate surface area is 275 Å². The molecule has 1 unspecified atom stereocenters. The third-order valence-electron chi connectivity index (χ3n) is 8.56. The highest BCUT2D eigenvalue weighted by atomic mass is 32.1. The molecule has 0 bridgehead atoms. The number of ether oxygens (including phenoxy) is 5. The van der Waals surface area contributed by atoms with Crippen LogP contribution >= 0.6 is 11.3 Å². The Bertz CT molecular complexity index is 1260. The Kier molecular flexibility index (Phi) is 14.6. The first-order valence-corrected chi connectivity index (χ1v) is 18.2. The van der Waals surface area contributed by atoms with Gasteiger partial charge in [0.1, 0.15) is 11.9 Å². The van der Waals surface area contributed by atoms with E-state index in [4.69, 9.17) is 23.7 Å². The van der Waals surface area contributed by atoms with Gasteiger partial charge in [-0.15, -0.1) is 11.3 Å². The van der Waals surface area contributed by atoms with Gasteiger partial charge in [0.2, 0.25) is 5.79 Å². The first-order valence-electron chi connectivity index (χ1n) is 17.4. The predicted octanol–water partition coefficient (Wildman–Crippen LogP) is 9.10. The Hall–Kier alpha value is -2.00. The van der Waals surface area contributed by atoms with Crippen LogP contribution in [-0.4, -0.2) is 56.5 Å². The van der Waals surface area contributed by atoms with Crippen LogP contribution in [0.15, 0.2) is 42.5 Å². The minimum absolute atomic E-state index is 0.345. The SMILES string of the molecule is CCCCOC[C@@H]1C[C@H](OCCCC)[C@@H](OCCCC)C(O)(c2cc(Cc3cc4ccccc4s3)c(C)cc2OCCCC)O1. The summed E-state index contributed by atoms with van der Waals surface area (Å²) in [6.45, 7) is 13.5. The van der Waals surface area contributed by atoms with Crippen LogP contribution in [0.5, 0.6) is 5.75 Å². The quantitative estimate of drug-likeness (QED) is 0.124. The lowest BCUT2D eigenvalue weighted by atomic mass is 9.86. The first kappa shape index (κ1) is 35.8. The molecule has 4 rings (SSSR count). The van der Waals surface area contributed by atoms with Gasteiger partial charge in [-0.3, -0.25) is 0 Å². The van der Waals surface area contributed by atoms with Crippen molar-refractivity contribution >= 4 is 21.4 Å². The van der Waals surface area contributed by atoms with Crippen molar-refractivity contribution in [2.24, 2.45) is 0 Å². The van der Waals surface area contributed by atoms with Crippen molar-refractivity contribution in [1.29, 1.82) is 0 Å². The summed E-state index contributed by atoms with van der Waals surface area (Å²) in [6, 6.07) is 15.0. The lowest BCUT2D eigenvalue weighted by Gasteiger charge is -2.47. The number of aliphatic hydroxyl groups is 1. The maximum Gasteiger partial charge on any atom is 0.226 e. The number of rotatable bonds is 20. The molecule has 0 radical (unpaired) electrons. The number of fused-ring (bicyclic) bond motifs is 1. The van der Waals surface area contributed by atoms with E-state index < -0.39 is 11.9 Å². The number of benzene rings is 2. The molecule has 3 aromatic rings. The fraction of sp³-hybridized carbons (Fsp3) is 0.632. The summed E-state index contributed by atoms with van der Waals surface area (Å²) in [4.78, 5) is 1.28. The largest absolute Gasteiger partial charge is 0.493 e. The smallest absolute Gasteiger partial charge is 0.226 e. The highest BCUT2D eigenvalue weighted by molar-refractivity contribution is 7.19. The molecule has 0 amide bonds. The summed E-state index contributed by atoms with van der Waals surface area (Å²) < 4.78 is 33.5. The molecule has 1 aliphatic rings. The summed E-state index contributed by atoms with van der Waals surface area (Å²) in [7, 11) is 0. The fourth-order valence-electron chi connectivity index (χ4n) is 5.85. The van der Waals surface area contributed by atoms with Crippen molar-refractivity contribution < 1.29 is 28.8 Å². The van der Waals surface area contributed by atoms with Crippen LogP contribution in [0.4, 0.5) is 0 Å². The van der Waals surface area contributed by atoms with Gasteiger partial charge in [-0.2, -0.15) is 0 Å². The third-order valence-corrected chi connectivity index (χ3v) is 9.67. The van der Waals surface area contributed by atoms with E-state index >= 15 is 0 Å².